The van der Waals surface area contributed by atoms with E-state index in [9.17, 15) is 0 Å². The zero-order chi connectivity index (χ0) is 14.5. The van der Waals surface area contributed by atoms with Crippen molar-refractivity contribution >= 4 is 15.9 Å². The van der Waals surface area contributed by atoms with E-state index in [0.29, 0.717) is 12.6 Å². The maximum Gasteiger partial charge on any atom is 0.122 e. The molecule has 2 nitrogen and oxygen atoms in total. The highest BCUT2D eigenvalue weighted by Crippen LogP contribution is 2.24. The van der Waals surface area contributed by atoms with Crippen LogP contribution in [0.4, 0.5) is 0 Å². The molecular weight excluding hydrogens is 314 g/mol. The molecule has 0 spiro atoms. The van der Waals surface area contributed by atoms with Gasteiger partial charge in [-0.1, -0.05) is 46.3 Å². The van der Waals surface area contributed by atoms with Gasteiger partial charge < -0.3 is 10.1 Å². The summed E-state index contributed by atoms with van der Waals surface area (Å²) in [5.41, 5.74) is 3.59. The lowest BCUT2D eigenvalue weighted by Crippen LogP contribution is -2.12. The van der Waals surface area contributed by atoms with Gasteiger partial charge in [-0.15, -0.1) is 0 Å². The zero-order valence-electron chi connectivity index (χ0n) is 12.1. The minimum atomic E-state index is 0.353. The number of hydrogen-bond donors (Lipinski definition) is 1. The van der Waals surface area contributed by atoms with E-state index in [0.717, 1.165) is 21.3 Å². The highest BCUT2D eigenvalue weighted by molar-refractivity contribution is 9.10. The van der Waals surface area contributed by atoms with E-state index in [1.165, 1.54) is 5.56 Å². The molecule has 0 amide bonds. The van der Waals surface area contributed by atoms with Gasteiger partial charge in [0.15, 0.2) is 0 Å². The smallest absolute Gasteiger partial charge is 0.122 e. The highest BCUT2D eigenvalue weighted by Gasteiger charge is 2.07. The average Bonchev–Trinajstić information content (AvgIpc) is 2.46. The minimum absolute atomic E-state index is 0.353. The lowest BCUT2D eigenvalue weighted by Gasteiger charge is -2.15. The van der Waals surface area contributed by atoms with Crippen LogP contribution in [0.3, 0.4) is 0 Å². The van der Waals surface area contributed by atoms with E-state index in [1.807, 2.05) is 25.2 Å². The first-order valence-corrected chi connectivity index (χ1v) is 7.55. The van der Waals surface area contributed by atoms with Crippen LogP contribution in [0.1, 0.15) is 29.7 Å². The van der Waals surface area contributed by atoms with Crippen LogP contribution in [0.25, 0.3) is 0 Å². The normalized spacial score (nSPS) is 12.2. The molecule has 1 unspecified atom stereocenters. The van der Waals surface area contributed by atoms with E-state index >= 15 is 0 Å². The summed E-state index contributed by atoms with van der Waals surface area (Å²) < 4.78 is 7.00. The molecule has 0 saturated carbocycles. The number of aryl methyl sites for hydroxylation is 1. The lowest BCUT2D eigenvalue weighted by molar-refractivity contribution is 0.303. The number of nitrogens with one attached hydrogen (secondary N) is 1. The van der Waals surface area contributed by atoms with Crippen LogP contribution in [0, 0.1) is 6.92 Å². The predicted molar refractivity (Wildman–Crippen MR) is 87.1 cm³/mol. The van der Waals surface area contributed by atoms with Crippen molar-refractivity contribution in [3.05, 3.63) is 63.6 Å². The van der Waals surface area contributed by atoms with Gasteiger partial charge >= 0.3 is 0 Å². The molecule has 1 atom stereocenters. The van der Waals surface area contributed by atoms with Crippen LogP contribution in [0.2, 0.25) is 0 Å². The topological polar surface area (TPSA) is 21.3 Å². The summed E-state index contributed by atoms with van der Waals surface area (Å²) in [6.45, 7) is 4.81. The summed E-state index contributed by atoms with van der Waals surface area (Å²) in [4.78, 5) is 0. The van der Waals surface area contributed by atoms with Crippen molar-refractivity contribution < 1.29 is 4.74 Å². The summed E-state index contributed by atoms with van der Waals surface area (Å²) in [6, 6.07) is 14.8. The Balaban J connectivity index is 2.09. The first-order chi connectivity index (χ1) is 9.61. The summed E-state index contributed by atoms with van der Waals surface area (Å²) in [5, 5.41) is 3.25. The standard InChI is InChI=1S/C17H20BrNO/c1-12-10-14(13(2)19-3)8-9-17(12)20-11-15-6-4-5-7-16(15)18/h4-10,13,19H,11H2,1-3H3. The molecule has 3 heteroatoms. The third-order valence-corrected chi connectivity index (χ3v) is 4.25. The van der Waals surface area contributed by atoms with E-state index in [1.54, 1.807) is 0 Å². The minimum Gasteiger partial charge on any atom is -0.489 e. The predicted octanol–water partition coefficient (Wildman–Crippen LogP) is 4.62. The van der Waals surface area contributed by atoms with Gasteiger partial charge in [-0.05, 0) is 44.2 Å². The molecule has 1 N–H and O–H groups in total. The van der Waals surface area contributed by atoms with Crippen LogP contribution in [0.5, 0.6) is 5.75 Å². The molecule has 0 saturated heterocycles. The largest absolute Gasteiger partial charge is 0.489 e. The van der Waals surface area contributed by atoms with Crippen LogP contribution in [-0.2, 0) is 6.61 Å². The second-order valence-corrected chi connectivity index (χ2v) is 5.77. The summed E-state index contributed by atoms with van der Waals surface area (Å²) in [6.07, 6.45) is 0. The first-order valence-electron chi connectivity index (χ1n) is 6.76. The van der Waals surface area contributed by atoms with E-state index in [-0.39, 0.29) is 0 Å². The highest BCUT2D eigenvalue weighted by atomic mass is 79.9. The van der Waals surface area contributed by atoms with Crippen LogP contribution in [0.15, 0.2) is 46.9 Å². The monoisotopic (exact) mass is 333 g/mol. The maximum absolute atomic E-state index is 5.92. The van der Waals surface area contributed by atoms with Crippen molar-refractivity contribution in [2.75, 3.05) is 7.05 Å². The third kappa shape index (κ3) is 3.62. The molecule has 0 bridgehead atoms. The Labute approximate surface area is 129 Å². The Morgan fingerprint density at radius 3 is 2.60 bits per heavy atom. The van der Waals surface area contributed by atoms with Crippen molar-refractivity contribution in [1.29, 1.82) is 0 Å². The van der Waals surface area contributed by atoms with Crippen LogP contribution < -0.4 is 10.1 Å². The van der Waals surface area contributed by atoms with E-state index in [4.69, 9.17) is 4.74 Å². The number of hydrogen-bond acceptors (Lipinski definition) is 2. The molecule has 0 fully saturated rings. The van der Waals surface area contributed by atoms with Gasteiger partial charge in [0.25, 0.3) is 0 Å². The Hall–Kier alpha value is -1.32. The van der Waals surface area contributed by atoms with Gasteiger partial charge in [-0.2, -0.15) is 0 Å². The third-order valence-electron chi connectivity index (χ3n) is 3.47. The van der Waals surface area contributed by atoms with Gasteiger partial charge in [0.1, 0.15) is 12.4 Å². The molecular formula is C17H20BrNO. The van der Waals surface area contributed by atoms with Crippen molar-refractivity contribution in [1.82, 2.24) is 5.32 Å². The quantitative estimate of drug-likeness (QED) is 0.862. The molecule has 0 heterocycles. The number of rotatable bonds is 5. The molecule has 2 aromatic carbocycles. The Morgan fingerprint density at radius 1 is 1.20 bits per heavy atom. The average molecular weight is 334 g/mol. The lowest BCUT2D eigenvalue weighted by atomic mass is 10.1. The second-order valence-electron chi connectivity index (χ2n) is 4.92. The molecule has 0 aliphatic carbocycles. The van der Waals surface area contributed by atoms with E-state index < -0.39 is 0 Å². The first kappa shape index (κ1) is 15.1. The fourth-order valence-corrected chi connectivity index (χ4v) is 2.44. The molecule has 0 radical (unpaired) electrons. The molecule has 2 rings (SSSR count). The molecule has 106 valence electrons. The zero-order valence-corrected chi connectivity index (χ0v) is 13.7. The van der Waals surface area contributed by atoms with Gasteiger partial charge in [0.2, 0.25) is 0 Å². The van der Waals surface area contributed by atoms with Crippen molar-refractivity contribution in [3.8, 4) is 5.75 Å². The number of halogens is 1. The summed E-state index contributed by atoms with van der Waals surface area (Å²) in [5.74, 6) is 0.938. The molecule has 0 aliphatic heterocycles. The van der Waals surface area contributed by atoms with Crippen molar-refractivity contribution in [2.45, 2.75) is 26.5 Å². The SMILES string of the molecule is CNC(C)c1ccc(OCc2ccccc2Br)c(C)c1. The molecule has 2 aromatic rings. The van der Waals surface area contributed by atoms with E-state index in [2.05, 4.69) is 59.4 Å². The van der Waals surface area contributed by atoms with Crippen molar-refractivity contribution in [3.63, 3.8) is 0 Å². The number of ether oxygens (including phenoxy) is 1. The van der Waals surface area contributed by atoms with Crippen LogP contribution >= 0.6 is 15.9 Å². The summed E-state index contributed by atoms with van der Waals surface area (Å²) >= 11 is 3.54. The molecule has 0 aliphatic rings. The maximum atomic E-state index is 5.92. The Kier molecular flexibility index (Phi) is 5.21. The second kappa shape index (κ2) is 6.91. The number of benzene rings is 2. The van der Waals surface area contributed by atoms with Crippen LogP contribution in [-0.4, -0.2) is 7.05 Å². The van der Waals surface area contributed by atoms with Gasteiger partial charge in [0, 0.05) is 16.1 Å². The van der Waals surface area contributed by atoms with Gasteiger partial charge in [0.05, 0.1) is 0 Å². The molecule has 0 aromatic heterocycles. The summed E-state index contributed by atoms with van der Waals surface area (Å²) in [7, 11) is 1.97. The van der Waals surface area contributed by atoms with Crippen molar-refractivity contribution in [2.24, 2.45) is 0 Å². The van der Waals surface area contributed by atoms with Gasteiger partial charge in [-0.25, -0.2) is 0 Å². The van der Waals surface area contributed by atoms with Gasteiger partial charge in [-0.3, -0.25) is 0 Å². The fourth-order valence-electron chi connectivity index (χ4n) is 2.04. The molecule has 20 heavy (non-hydrogen) atoms. The Morgan fingerprint density at radius 2 is 1.95 bits per heavy atom. The fraction of sp³-hybridized carbons (Fsp3) is 0.294. The Bertz CT molecular complexity index is 583.